The number of nitrogens with zero attached hydrogens (tertiary/aromatic N) is 3. The van der Waals surface area contributed by atoms with Crippen molar-refractivity contribution in [3.63, 3.8) is 0 Å². The monoisotopic (exact) mass is 405 g/mol. The van der Waals surface area contributed by atoms with Crippen LogP contribution in [0.15, 0.2) is 29.5 Å². The fourth-order valence-corrected chi connectivity index (χ4v) is 3.81. The molecule has 1 amide bonds. The van der Waals surface area contributed by atoms with Gasteiger partial charge in [0, 0.05) is 16.8 Å². The molecule has 0 spiro atoms. The second-order valence-electron chi connectivity index (χ2n) is 7.66. The normalized spacial score (nSPS) is 17.6. The molecule has 0 bridgehead atoms. The zero-order valence-electron chi connectivity index (χ0n) is 17.2. The maximum Gasteiger partial charge on any atom is 0.247 e. The smallest absolute Gasteiger partial charge is 0.247 e. The fourth-order valence-electron chi connectivity index (χ4n) is 3.81. The van der Waals surface area contributed by atoms with Crippen LogP contribution in [-0.4, -0.2) is 29.8 Å². The minimum absolute atomic E-state index is 0.373. The lowest BCUT2D eigenvalue weighted by Crippen LogP contribution is -2.29. The number of hydrogen-bond acceptors (Lipinski definition) is 7. The number of amides is 1. The first-order valence-corrected chi connectivity index (χ1v) is 9.80. The summed E-state index contributed by atoms with van der Waals surface area (Å²) >= 11 is 0. The van der Waals surface area contributed by atoms with Crippen molar-refractivity contribution in [2.75, 3.05) is 19.0 Å². The summed E-state index contributed by atoms with van der Waals surface area (Å²) in [5, 5.41) is 21.1. The van der Waals surface area contributed by atoms with Gasteiger partial charge < -0.3 is 20.5 Å². The number of carbonyl (C=O) groups excluding carboxylic acids is 1. The van der Waals surface area contributed by atoms with E-state index in [1.165, 1.54) is 7.11 Å². The summed E-state index contributed by atoms with van der Waals surface area (Å²) in [6.07, 6.45) is 2.27. The molecule has 2 aliphatic rings. The molecular formula is C22H23N5O3. The Labute approximate surface area is 174 Å². The topological polar surface area (TPSA) is 123 Å². The highest BCUT2D eigenvalue weighted by atomic mass is 16.5. The first-order chi connectivity index (χ1) is 14.4. The summed E-state index contributed by atoms with van der Waals surface area (Å²) in [6.45, 7) is 4.20. The lowest BCUT2D eigenvalue weighted by atomic mass is 9.80. The van der Waals surface area contributed by atoms with Gasteiger partial charge in [0.2, 0.25) is 11.8 Å². The van der Waals surface area contributed by atoms with E-state index >= 15 is 0 Å². The van der Waals surface area contributed by atoms with Gasteiger partial charge in [-0.15, -0.1) is 5.10 Å². The molecule has 30 heavy (non-hydrogen) atoms. The van der Waals surface area contributed by atoms with Crippen molar-refractivity contribution in [2.24, 2.45) is 11.7 Å². The number of hydrogen-bond donors (Lipinski definition) is 2. The van der Waals surface area contributed by atoms with Crippen molar-refractivity contribution in [1.82, 2.24) is 10.2 Å². The minimum Gasteiger partial charge on any atom is -0.496 e. The van der Waals surface area contributed by atoms with Gasteiger partial charge in [0.05, 0.1) is 48.2 Å². The summed E-state index contributed by atoms with van der Waals surface area (Å²) in [6, 6.07) is 7.24. The highest BCUT2D eigenvalue weighted by Crippen LogP contribution is 2.48. The molecular weight excluding hydrogens is 382 g/mol. The lowest BCUT2D eigenvalue weighted by molar-refractivity contribution is -0.114. The molecule has 1 fully saturated rings. The van der Waals surface area contributed by atoms with Crippen LogP contribution in [0, 0.1) is 24.2 Å². The van der Waals surface area contributed by atoms with Gasteiger partial charge in [0.1, 0.15) is 5.75 Å². The maximum atomic E-state index is 12.5. The third-order valence-electron chi connectivity index (χ3n) is 5.54. The van der Waals surface area contributed by atoms with Crippen LogP contribution >= 0.6 is 0 Å². The van der Waals surface area contributed by atoms with Gasteiger partial charge in [-0.25, -0.2) is 0 Å². The van der Waals surface area contributed by atoms with Crippen LogP contribution in [0.25, 0.3) is 0 Å². The molecule has 1 aromatic heterocycles. The standard InChI is InChI=1S/C22H23N5O3/c1-11-17(21(24)28)18(15-7-6-14(9-23)8-16(15)29-3)19-20(25-11)12(2)26-27-22(19)30-10-13-4-5-13/h6-8,13,18,25H,4-5,10H2,1-3H3,(H2,24,28)/t18-/m1/s1. The van der Waals surface area contributed by atoms with E-state index in [1.807, 2.05) is 6.92 Å². The van der Waals surface area contributed by atoms with Gasteiger partial charge in [0.15, 0.2) is 0 Å². The summed E-state index contributed by atoms with van der Waals surface area (Å²) in [5.41, 5.74) is 10.1. The van der Waals surface area contributed by atoms with Gasteiger partial charge in [0.25, 0.3) is 0 Å². The first kappa shape index (κ1) is 19.7. The number of allylic oxidation sites excluding steroid dienone is 1. The molecule has 2 aromatic rings. The number of anilines is 1. The van der Waals surface area contributed by atoms with Crippen molar-refractivity contribution in [2.45, 2.75) is 32.6 Å². The van der Waals surface area contributed by atoms with E-state index in [-0.39, 0.29) is 0 Å². The third kappa shape index (κ3) is 3.43. The second kappa shape index (κ2) is 7.67. The van der Waals surface area contributed by atoms with E-state index in [2.05, 4.69) is 21.6 Å². The number of nitrogens with two attached hydrogens (primary N) is 1. The summed E-state index contributed by atoms with van der Waals surface area (Å²) in [4.78, 5) is 12.5. The van der Waals surface area contributed by atoms with Crippen LogP contribution in [0.3, 0.4) is 0 Å². The molecule has 154 valence electrons. The second-order valence-corrected chi connectivity index (χ2v) is 7.66. The molecule has 0 radical (unpaired) electrons. The SMILES string of the molecule is COc1cc(C#N)ccc1[C@@H]1C(C(N)=O)=C(C)Nc2c(C)nnc(OCC3CC3)c21. The predicted octanol–water partition coefficient (Wildman–Crippen LogP) is 2.77. The van der Waals surface area contributed by atoms with Gasteiger partial charge in [-0.1, -0.05) is 6.07 Å². The van der Waals surface area contributed by atoms with E-state index < -0.39 is 11.8 Å². The van der Waals surface area contributed by atoms with Crippen LogP contribution in [-0.2, 0) is 4.79 Å². The van der Waals surface area contributed by atoms with Crippen molar-refractivity contribution in [3.05, 3.63) is 51.9 Å². The first-order valence-electron chi connectivity index (χ1n) is 9.80. The Bertz CT molecular complexity index is 1100. The number of methoxy groups -OCH3 is 1. The Kier molecular flexibility index (Phi) is 5.04. The molecule has 8 heteroatoms. The molecule has 1 aliphatic carbocycles. The molecule has 3 N–H and O–H groups in total. The zero-order chi connectivity index (χ0) is 21.4. The quantitative estimate of drug-likeness (QED) is 0.757. The Morgan fingerprint density at radius 3 is 2.73 bits per heavy atom. The van der Waals surface area contributed by atoms with E-state index in [9.17, 15) is 10.1 Å². The van der Waals surface area contributed by atoms with E-state index in [4.69, 9.17) is 15.2 Å². The van der Waals surface area contributed by atoms with Crippen molar-refractivity contribution >= 4 is 11.6 Å². The van der Waals surface area contributed by atoms with Gasteiger partial charge >= 0.3 is 0 Å². The molecule has 0 saturated heterocycles. The summed E-state index contributed by atoms with van der Waals surface area (Å²) < 4.78 is 11.6. The number of fused-ring (bicyclic) bond motifs is 1. The molecule has 8 nitrogen and oxygen atoms in total. The molecule has 4 rings (SSSR count). The number of carbonyl (C=O) groups is 1. The lowest BCUT2D eigenvalue weighted by Gasteiger charge is -2.32. The number of aryl methyl sites for hydroxylation is 1. The predicted molar refractivity (Wildman–Crippen MR) is 110 cm³/mol. The van der Waals surface area contributed by atoms with E-state index in [1.54, 1.807) is 25.1 Å². The van der Waals surface area contributed by atoms with Crippen LogP contribution in [0.2, 0.25) is 0 Å². The van der Waals surface area contributed by atoms with Crippen LogP contribution in [0.4, 0.5) is 5.69 Å². The Balaban J connectivity index is 1.95. The van der Waals surface area contributed by atoms with Gasteiger partial charge in [-0.3, -0.25) is 4.79 Å². The highest BCUT2D eigenvalue weighted by molar-refractivity contribution is 5.98. The van der Waals surface area contributed by atoms with Crippen LogP contribution in [0.5, 0.6) is 11.6 Å². The fraction of sp³-hybridized carbons (Fsp3) is 0.364. The van der Waals surface area contributed by atoms with Gasteiger partial charge in [-0.05, 0) is 44.7 Å². The van der Waals surface area contributed by atoms with Crippen molar-refractivity contribution in [1.29, 1.82) is 5.26 Å². The molecule has 1 atom stereocenters. The van der Waals surface area contributed by atoms with Crippen molar-refractivity contribution < 1.29 is 14.3 Å². The largest absolute Gasteiger partial charge is 0.496 e. The number of nitriles is 1. The molecule has 0 unspecified atom stereocenters. The zero-order valence-corrected chi connectivity index (χ0v) is 17.2. The Morgan fingerprint density at radius 1 is 1.33 bits per heavy atom. The van der Waals surface area contributed by atoms with Crippen LogP contribution < -0.4 is 20.5 Å². The Morgan fingerprint density at radius 2 is 2.10 bits per heavy atom. The maximum absolute atomic E-state index is 12.5. The molecule has 1 aliphatic heterocycles. The average molecular weight is 405 g/mol. The van der Waals surface area contributed by atoms with E-state index in [0.717, 1.165) is 18.5 Å². The highest BCUT2D eigenvalue weighted by Gasteiger charge is 2.38. The number of primary amides is 1. The molecule has 1 aromatic carbocycles. The number of aromatic nitrogens is 2. The molecule has 1 saturated carbocycles. The van der Waals surface area contributed by atoms with Gasteiger partial charge in [-0.2, -0.15) is 10.4 Å². The number of ether oxygens (including phenoxy) is 2. The summed E-state index contributed by atoms with van der Waals surface area (Å²) in [5.74, 6) is 0.268. The number of rotatable bonds is 6. The van der Waals surface area contributed by atoms with Crippen molar-refractivity contribution in [3.8, 4) is 17.7 Å². The number of nitrogens with one attached hydrogen (secondary N) is 1. The minimum atomic E-state index is -0.565. The summed E-state index contributed by atoms with van der Waals surface area (Å²) in [7, 11) is 1.53. The third-order valence-corrected chi connectivity index (χ3v) is 5.54. The number of benzene rings is 1. The average Bonchev–Trinajstić information content (AvgIpc) is 3.56. The van der Waals surface area contributed by atoms with E-state index in [0.29, 0.717) is 57.8 Å². The van der Waals surface area contributed by atoms with Crippen LogP contribution in [0.1, 0.15) is 48.1 Å². The Hall–Kier alpha value is -3.60. The molecule has 2 heterocycles.